The second kappa shape index (κ2) is 7.43. The van der Waals surface area contributed by atoms with E-state index in [0.717, 1.165) is 22.3 Å². The van der Waals surface area contributed by atoms with Gasteiger partial charge in [-0.25, -0.2) is 14.7 Å². The van der Waals surface area contributed by atoms with Crippen LogP contribution in [0.2, 0.25) is 5.15 Å². The van der Waals surface area contributed by atoms with Crippen molar-refractivity contribution in [3.63, 3.8) is 0 Å². The van der Waals surface area contributed by atoms with Crippen LogP contribution >= 0.6 is 11.6 Å². The van der Waals surface area contributed by atoms with E-state index in [9.17, 15) is 9.90 Å². The average molecular weight is 401 g/mol. The number of nitrogens with zero attached hydrogens (tertiary/aromatic N) is 4. The van der Waals surface area contributed by atoms with E-state index in [1.54, 1.807) is 10.6 Å². The lowest BCUT2D eigenvalue weighted by Gasteiger charge is -2.19. The van der Waals surface area contributed by atoms with Crippen molar-refractivity contribution in [2.45, 2.75) is 52.5 Å². The van der Waals surface area contributed by atoms with Crippen LogP contribution in [-0.2, 0) is 12.0 Å². The minimum absolute atomic E-state index is 0.153. The Morgan fingerprint density at radius 3 is 2.43 bits per heavy atom. The normalized spacial score (nSPS) is 12.0. The minimum Gasteiger partial charge on any atom is -0.465 e. The third-order valence-corrected chi connectivity index (χ3v) is 4.75. The first-order chi connectivity index (χ1) is 13.1. The van der Waals surface area contributed by atoms with E-state index in [1.807, 2.05) is 30.3 Å². The Hall–Kier alpha value is -2.60. The monoisotopic (exact) mass is 400 g/mol. The number of amides is 1. The molecule has 0 radical (unpaired) electrons. The van der Waals surface area contributed by atoms with Gasteiger partial charge in [-0.15, -0.1) is 0 Å². The van der Waals surface area contributed by atoms with Crippen molar-refractivity contribution in [2.24, 2.45) is 0 Å². The second-order valence-electron chi connectivity index (χ2n) is 8.20. The SMILES string of the molecule is CC(C)c1c(C(C)(C)C)nn2c(N(Cc3ccccc3)C(=O)O)nc(Cl)cc12. The van der Waals surface area contributed by atoms with Crippen molar-refractivity contribution in [1.82, 2.24) is 14.6 Å². The summed E-state index contributed by atoms with van der Waals surface area (Å²) in [6.45, 7) is 10.6. The number of carbonyl (C=O) groups is 1. The van der Waals surface area contributed by atoms with E-state index in [-0.39, 0.29) is 29.0 Å². The maximum atomic E-state index is 12.1. The summed E-state index contributed by atoms with van der Waals surface area (Å²) < 4.78 is 1.61. The molecule has 2 heterocycles. The molecule has 0 aliphatic heterocycles. The Balaban J connectivity index is 2.26. The largest absolute Gasteiger partial charge is 0.465 e. The van der Waals surface area contributed by atoms with Gasteiger partial charge in [-0.1, -0.05) is 76.6 Å². The summed E-state index contributed by atoms with van der Waals surface area (Å²) in [6, 6.07) is 11.1. The van der Waals surface area contributed by atoms with Crippen molar-refractivity contribution in [1.29, 1.82) is 0 Å². The van der Waals surface area contributed by atoms with Crippen molar-refractivity contribution < 1.29 is 9.90 Å². The molecule has 1 N–H and O–H groups in total. The van der Waals surface area contributed by atoms with Crippen molar-refractivity contribution in [2.75, 3.05) is 4.90 Å². The number of aromatic nitrogens is 3. The van der Waals surface area contributed by atoms with Crippen LogP contribution < -0.4 is 4.90 Å². The van der Waals surface area contributed by atoms with Crippen LogP contribution in [0.15, 0.2) is 36.4 Å². The molecule has 2 aromatic heterocycles. The van der Waals surface area contributed by atoms with Gasteiger partial charge in [0.15, 0.2) is 0 Å². The molecule has 0 aliphatic carbocycles. The van der Waals surface area contributed by atoms with Gasteiger partial charge in [0, 0.05) is 17.0 Å². The Kier molecular flexibility index (Phi) is 5.35. The third-order valence-electron chi connectivity index (χ3n) is 4.55. The van der Waals surface area contributed by atoms with Gasteiger partial charge in [0.1, 0.15) is 5.15 Å². The highest BCUT2D eigenvalue weighted by molar-refractivity contribution is 6.29. The molecule has 1 aromatic carbocycles. The first-order valence-corrected chi connectivity index (χ1v) is 9.61. The molecule has 0 saturated heterocycles. The van der Waals surface area contributed by atoms with Crippen LogP contribution in [0.1, 0.15) is 57.4 Å². The third kappa shape index (κ3) is 3.83. The molecule has 28 heavy (non-hydrogen) atoms. The maximum Gasteiger partial charge on any atom is 0.414 e. The van der Waals surface area contributed by atoms with Crippen LogP contribution in [0.4, 0.5) is 10.7 Å². The molecule has 0 fully saturated rings. The fourth-order valence-corrected chi connectivity index (χ4v) is 3.49. The van der Waals surface area contributed by atoms with Gasteiger partial charge >= 0.3 is 6.09 Å². The zero-order chi connectivity index (χ0) is 20.6. The number of carboxylic acid groups (broad SMARTS) is 1. The Morgan fingerprint density at radius 2 is 1.89 bits per heavy atom. The van der Waals surface area contributed by atoms with Crippen LogP contribution in [0.5, 0.6) is 0 Å². The standard InChI is InChI=1S/C21H25ClN4O2/c1-13(2)17-15-11-16(22)23-19(26(15)24-18(17)21(3,4)5)25(20(27)28)12-14-9-7-6-8-10-14/h6-11,13H,12H2,1-5H3,(H,27,28). The van der Waals surface area contributed by atoms with E-state index in [4.69, 9.17) is 16.7 Å². The number of hydrogen-bond donors (Lipinski definition) is 1. The van der Waals surface area contributed by atoms with E-state index < -0.39 is 6.09 Å². The molecule has 0 aliphatic rings. The highest BCUT2D eigenvalue weighted by atomic mass is 35.5. The van der Waals surface area contributed by atoms with Crippen LogP contribution in [0.3, 0.4) is 0 Å². The van der Waals surface area contributed by atoms with Gasteiger partial charge in [0.25, 0.3) is 0 Å². The Morgan fingerprint density at radius 1 is 1.25 bits per heavy atom. The molecule has 0 atom stereocenters. The van der Waals surface area contributed by atoms with E-state index in [2.05, 4.69) is 39.6 Å². The number of rotatable bonds is 4. The number of benzene rings is 1. The summed E-state index contributed by atoms with van der Waals surface area (Å²) in [5.41, 5.74) is 3.41. The summed E-state index contributed by atoms with van der Waals surface area (Å²) in [6.07, 6.45) is -1.11. The lowest BCUT2D eigenvalue weighted by molar-refractivity contribution is 0.201. The Labute approximate surface area is 169 Å². The fourth-order valence-electron chi connectivity index (χ4n) is 3.31. The average Bonchev–Trinajstić information content (AvgIpc) is 2.99. The predicted octanol–water partition coefficient (Wildman–Crippen LogP) is 5.49. The van der Waals surface area contributed by atoms with Gasteiger partial charge < -0.3 is 5.11 Å². The summed E-state index contributed by atoms with van der Waals surface area (Å²) in [5, 5.41) is 14.9. The fraction of sp³-hybridized carbons (Fsp3) is 0.381. The summed E-state index contributed by atoms with van der Waals surface area (Å²) in [5.74, 6) is 0.390. The van der Waals surface area contributed by atoms with Gasteiger partial charge in [-0.3, -0.25) is 0 Å². The van der Waals surface area contributed by atoms with Crippen molar-refractivity contribution in [3.8, 4) is 0 Å². The zero-order valence-electron chi connectivity index (χ0n) is 16.8. The summed E-state index contributed by atoms with van der Waals surface area (Å²) in [7, 11) is 0. The highest BCUT2D eigenvalue weighted by Crippen LogP contribution is 2.35. The van der Waals surface area contributed by atoms with Gasteiger partial charge in [-0.05, 0) is 11.5 Å². The Bertz CT molecular complexity index is 1010. The maximum absolute atomic E-state index is 12.1. The first kappa shape index (κ1) is 20.1. The molecule has 0 saturated carbocycles. The second-order valence-corrected chi connectivity index (χ2v) is 8.58. The molecule has 7 heteroatoms. The summed E-state index contributed by atoms with van der Waals surface area (Å²) >= 11 is 6.30. The van der Waals surface area contributed by atoms with Gasteiger partial charge in [-0.2, -0.15) is 9.61 Å². The predicted molar refractivity (Wildman–Crippen MR) is 111 cm³/mol. The van der Waals surface area contributed by atoms with Gasteiger partial charge in [0.05, 0.1) is 17.8 Å². The lowest BCUT2D eigenvalue weighted by Crippen LogP contribution is -2.31. The number of anilines is 1. The van der Waals surface area contributed by atoms with Crippen LogP contribution in [0, 0.1) is 0 Å². The lowest BCUT2D eigenvalue weighted by atomic mass is 9.85. The molecule has 3 aromatic rings. The zero-order valence-corrected chi connectivity index (χ0v) is 17.5. The molecule has 148 valence electrons. The number of halogens is 1. The molecule has 0 unspecified atom stereocenters. The smallest absolute Gasteiger partial charge is 0.414 e. The molecular weight excluding hydrogens is 376 g/mol. The minimum atomic E-state index is -1.11. The van der Waals surface area contributed by atoms with Crippen LogP contribution in [0.25, 0.3) is 5.52 Å². The molecule has 0 spiro atoms. The summed E-state index contributed by atoms with van der Waals surface area (Å²) in [4.78, 5) is 17.6. The molecule has 3 rings (SSSR count). The van der Waals surface area contributed by atoms with Crippen molar-refractivity contribution in [3.05, 3.63) is 58.4 Å². The van der Waals surface area contributed by atoms with Crippen molar-refractivity contribution >= 4 is 29.2 Å². The van der Waals surface area contributed by atoms with E-state index >= 15 is 0 Å². The first-order valence-electron chi connectivity index (χ1n) is 9.23. The van der Waals surface area contributed by atoms with Crippen LogP contribution in [-0.4, -0.2) is 25.8 Å². The molecular formula is C21H25ClN4O2. The molecule has 6 nitrogen and oxygen atoms in total. The topological polar surface area (TPSA) is 70.7 Å². The van der Waals surface area contributed by atoms with Gasteiger partial charge in [0.2, 0.25) is 5.95 Å². The highest BCUT2D eigenvalue weighted by Gasteiger charge is 2.29. The number of hydrogen-bond acceptors (Lipinski definition) is 3. The quantitative estimate of drug-likeness (QED) is 0.588. The van der Waals surface area contributed by atoms with E-state index in [0.29, 0.717) is 0 Å². The van der Waals surface area contributed by atoms with E-state index in [1.165, 1.54) is 4.90 Å². The molecule has 0 bridgehead atoms. The number of fused-ring (bicyclic) bond motifs is 1. The molecule has 1 amide bonds.